The predicted octanol–water partition coefficient (Wildman–Crippen LogP) is 0.356. The van der Waals surface area contributed by atoms with Crippen molar-refractivity contribution in [1.82, 2.24) is 14.8 Å². The average Bonchev–Trinajstić information content (AvgIpc) is 2.84. The van der Waals surface area contributed by atoms with E-state index in [4.69, 9.17) is 10.2 Å². The van der Waals surface area contributed by atoms with Crippen LogP contribution < -0.4 is 5.73 Å². The van der Waals surface area contributed by atoms with Gasteiger partial charge in [-0.2, -0.15) is 0 Å². The molecule has 0 radical (unpaired) electrons. The fourth-order valence-corrected chi connectivity index (χ4v) is 2.18. The van der Waals surface area contributed by atoms with E-state index in [1.165, 1.54) is 0 Å². The van der Waals surface area contributed by atoms with Crippen LogP contribution in [0.3, 0.4) is 0 Å². The molecule has 0 atom stereocenters. The number of nitrogens with zero attached hydrogens (tertiary/aromatic N) is 3. The third-order valence-corrected chi connectivity index (χ3v) is 3.47. The summed E-state index contributed by atoms with van der Waals surface area (Å²) in [7, 11) is 2.18. The Bertz CT molecular complexity index is 345. The van der Waals surface area contributed by atoms with Crippen LogP contribution in [0.4, 0.5) is 0 Å². The molecule has 2 N–H and O–H groups in total. The highest BCUT2D eigenvalue weighted by molar-refractivity contribution is 4.95. The van der Waals surface area contributed by atoms with Gasteiger partial charge in [0, 0.05) is 45.6 Å². The fourth-order valence-electron chi connectivity index (χ4n) is 2.18. The van der Waals surface area contributed by atoms with Crippen molar-refractivity contribution in [2.45, 2.75) is 19.3 Å². The van der Waals surface area contributed by atoms with Gasteiger partial charge < -0.3 is 20.0 Å². The third-order valence-electron chi connectivity index (χ3n) is 3.47. The van der Waals surface area contributed by atoms with Crippen LogP contribution in [-0.4, -0.2) is 61.1 Å². The van der Waals surface area contributed by atoms with E-state index in [9.17, 15) is 0 Å². The number of oxazole rings is 1. The summed E-state index contributed by atoms with van der Waals surface area (Å²) in [6.07, 6.45) is 4.62. The summed E-state index contributed by atoms with van der Waals surface area (Å²) < 4.78 is 5.69. The van der Waals surface area contributed by atoms with Gasteiger partial charge in [0.15, 0.2) is 5.89 Å². The molecule has 2 rings (SSSR count). The summed E-state index contributed by atoms with van der Waals surface area (Å²) in [5.41, 5.74) is 5.48. The molecule has 1 saturated heterocycles. The topological polar surface area (TPSA) is 58.5 Å². The molecule has 18 heavy (non-hydrogen) atoms. The molecular formula is C13H24N4O. The Hall–Kier alpha value is -0.910. The lowest BCUT2D eigenvalue weighted by Crippen LogP contribution is -2.45. The molecule has 0 bridgehead atoms. The van der Waals surface area contributed by atoms with Crippen molar-refractivity contribution in [3.8, 4) is 0 Å². The summed E-state index contributed by atoms with van der Waals surface area (Å²) in [5, 5.41) is 0. The van der Waals surface area contributed by atoms with Crippen molar-refractivity contribution < 1.29 is 4.42 Å². The number of aromatic nitrogens is 1. The molecule has 0 amide bonds. The first-order valence-corrected chi connectivity index (χ1v) is 6.82. The molecule has 0 unspecified atom stereocenters. The Labute approximate surface area is 109 Å². The van der Waals surface area contributed by atoms with Gasteiger partial charge in [-0.3, -0.25) is 0 Å². The van der Waals surface area contributed by atoms with Crippen LogP contribution in [-0.2, 0) is 12.8 Å². The molecule has 102 valence electrons. The smallest absolute Gasteiger partial charge is 0.195 e. The second-order valence-corrected chi connectivity index (χ2v) is 5.01. The normalized spacial score (nSPS) is 18.3. The van der Waals surface area contributed by atoms with Gasteiger partial charge in [0.2, 0.25) is 0 Å². The first-order valence-electron chi connectivity index (χ1n) is 6.82. The van der Waals surface area contributed by atoms with Crippen LogP contribution >= 0.6 is 0 Å². The van der Waals surface area contributed by atoms with Crippen molar-refractivity contribution in [1.29, 1.82) is 0 Å². The Balaban J connectivity index is 1.71. The minimum Gasteiger partial charge on any atom is -0.446 e. The predicted molar refractivity (Wildman–Crippen MR) is 71.5 cm³/mol. The van der Waals surface area contributed by atoms with Crippen molar-refractivity contribution in [3.05, 3.63) is 17.8 Å². The molecule has 1 aliphatic rings. The summed E-state index contributed by atoms with van der Waals surface area (Å²) >= 11 is 0. The molecule has 0 aromatic carbocycles. The van der Waals surface area contributed by atoms with Gasteiger partial charge >= 0.3 is 0 Å². The van der Waals surface area contributed by atoms with Gasteiger partial charge in [0.05, 0.1) is 6.20 Å². The molecule has 1 aliphatic heterocycles. The minimum atomic E-state index is 0.706. The summed E-state index contributed by atoms with van der Waals surface area (Å²) in [4.78, 5) is 9.17. The number of nitrogens with two attached hydrogens (primary N) is 1. The highest BCUT2D eigenvalue weighted by atomic mass is 16.4. The van der Waals surface area contributed by atoms with Crippen LogP contribution in [0, 0.1) is 0 Å². The second kappa shape index (κ2) is 6.87. The van der Waals surface area contributed by atoms with Crippen molar-refractivity contribution >= 4 is 0 Å². The largest absolute Gasteiger partial charge is 0.446 e. The van der Waals surface area contributed by atoms with E-state index in [1.807, 2.05) is 6.20 Å². The summed E-state index contributed by atoms with van der Waals surface area (Å²) in [6, 6.07) is 0. The monoisotopic (exact) mass is 252 g/mol. The number of hydrogen-bond donors (Lipinski definition) is 1. The standard InChI is InChI=1S/C13H24N4O/c1-16-7-9-17(10-8-16)6-4-13-15-11-12(18-13)3-2-5-14/h11H,2-10,14H2,1H3. The SMILES string of the molecule is CN1CCN(CCc2ncc(CCCN)o2)CC1. The van der Waals surface area contributed by atoms with Gasteiger partial charge in [-0.05, 0) is 20.0 Å². The van der Waals surface area contributed by atoms with E-state index >= 15 is 0 Å². The van der Waals surface area contributed by atoms with Crippen molar-refractivity contribution in [2.75, 3.05) is 46.3 Å². The van der Waals surface area contributed by atoms with E-state index in [-0.39, 0.29) is 0 Å². The number of rotatable bonds is 6. The molecule has 1 fully saturated rings. The van der Waals surface area contributed by atoms with E-state index < -0.39 is 0 Å². The van der Waals surface area contributed by atoms with E-state index in [0.29, 0.717) is 6.54 Å². The maximum atomic E-state index is 5.69. The number of hydrogen-bond acceptors (Lipinski definition) is 5. The highest BCUT2D eigenvalue weighted by Crippen LogP contribution is 2.08. The molecular weight excluding hydrogens is 228 g/mol. The van der Waals surface area contributed by atoms with E-state index in [1.54, 1.807) is 0 Å². The second-order valence-electron chi connectivity index (χ2n) is 5.01. The van der Waals surface area contributed by atoms with Crippen LogP contribution in [0.15, 0.2) is 10.6 Å². The molecule has 0 saturated carbocycles. The van der Waals surface area contributed by atoms with Gasteiger partial charge in [-0.1, -0.05) is 0 Å². The lowest BCUT2D eigenvalue weighted by molar-refractivity contribution is 0.153. The third kappa shape index (κ3) is 4.08. The molecule has 5 nitrogen and oxygen atoms in total. The maximum Gasteiger partial charge on any atom is 0.195 e. The zero-order chi connectivity index (χ0) is 12.8. The Morgan fingerprint density at radius 2 is 2.06 bits per heavy atom. The first kappa shape index (κ1) is 13.5. The molecule has 0 aliphatic carbocycles. The Kier molecular flexibility index (Phi) is 5.16. The minimum absolute atomic E-state index is 0.706. The van der Waals surface area contributed by atoms with Crippen molar-refractivity contribution in [3.63, 3.8) is 0 Å². The molecule has 0 spiro atoms. The highest BCUT2D eigenvalue weighted by Gasteiger charge is 2.14. The van der Waals surface area contributed by atoms with E-state index in [2.05, 4.69) is 21.8 Å². The number of aryl methyl sites for hydroxylation is 1. The van der Waals surface area contributed by atoms with Crippen molar-refractivity contribution in [2.24, 2.45) is 5.73 Å². The van der Waals surface area contributed by atoms with Gasteiger partial charge in [-0.25, -0.2) is 4.98 Å². The number of likely N-dealkylation sites (N-methyl/N-ethyl adjacent to an activating group) is 1. The fraction of sp³-hybridized carbons (Fsp3) is 0.769. The van der Waals surface area contributed by atoms with E-state index in [0.717, 1.165) is 63.6 Å². The van der Waals surface area contributed by atoms with Crippen LogP contribution in [0.5, 0.6) is 0 Å². The summed E-state index contributed by atoms with van der Waals surface area (Å²) in [5.74, 6) is 1.83. The molecule has 5 heteroatoms. The quantitative estimate of drug-likeness (QED) is 0.792. The Morgan fingerprint density at radius 3 is 2.78 bits per heavy atom. The zero-order valence-electron chi connectivity index (χ0n) is 11.3. The summed E-state index contributed by atoms with van der Waals surface area (Å²) in [6.45, 7) is 6.37. The lowest BCUT2D eigenvalue weighted by Gasteiger charge is -2.31. The maximum absolute atomic E-state index is 5.69. The van der Waals surface area contributed by atoms with Crippen LogP contribution in [0.2, 0.25) is 0 Å². The van der Waals surface area contributed by atoms with Gasteiger partial charge in [0.1, 0.15) is 5.76 Å². The Morgan fingerprint density at radius 1 is 1.28 bits per heavy atom. The molecule has 1 aromatic heterocycles. The lowest BCUT2D eigenvalue weighted by atomic mass is 10.3. The van der Waals surface area contributed by atoms with Crippen LogP contribution in [0.1, 0.15) is 18.1 Å². The zero-order valence-corrected chi connectivity index (χ0v) is 11.3. The van der Waals surface area contributed by atoms with Gasteiger partial charge in [0.25, 0.3) is 0 Å². The molecule has 2 heterocycles. The van der Waals surface area contributed by atoms with Gasteiger partial charge in [-0.15, -0.1) is 0 Å². The average molecular weight is 252 g/mol. The first-order chi connectivity index (χ1) is 8.78. The number of piperazine rings is 1. The van der Waals surface area contributed by atoms with Crippen LogP contribution in [0.25, 0.3) is 0 Å². The molecule has 1 aromatic rings.